The van der Waals surface area contributed by atoms with Gasteiger partial charge in [-0.25, -0.2) is 4.98 Å². The molecule has 176 valence electrons. The van der Waals surface area contributed by atoms with Gasteiger partial charge in [-0.3, -0.25) is 14.2 Å². The van der Waals surface area contributed by atoms with E-state index in [9.17, 15) is 9.59 Å². The number of rotatable bonds is 8. The maximum absolute atomic E-state index is 13.7. The molecule has 0 N–H and O–H groups in total. The van der Waals surface area contributed by atoms with Gasteiger partial charge in [0, 0.05) is 18.0 Å². The molecule has 0 spiro atoms. The van der Waals surface area contributed by atoms with E-state index in [-0.39, 0.29) is 17.2 Å². The number of morpholine rings is 1. The summed E-state index contributed by atoms with van der Waals surface area (Å²) >= 11 is 2.89. The molecule has 7 nitrogen and oxygen atoms in total. The van der Waals surface area contributed by atoms with E-state index in [4.69, 9.17) is 14.5 Å². The van der Waals surface area contributed by atoms with Crippen LogP contribution in [0.2, 0.25) is 0 Å². The summed E-state index contributed by atoms with van der Waals surface area (Å²) < 4.78 is 12.5. The second-order valence-corrected chi connectivity index (χ2v) is 9.85. The Morgan fingerprint density at radius 1 is 1.21 bits per heavy atom. The molecular weight excluding hydrogens is 458 g/mol. The highest BCUT2D eigenvalue weighted by molar-refractivity contribution is 7.99. The Kier molecular flexibility index (Phi) is 7.72. The van der Waals surface area contributed by atoms with Gasteiger partial charge in [0.1, 0.15) is 10.6 Å². The molecule has 0 bridgehead atoms. The van der Waals surface area contributed by atoms with E-state index in [0.29, 0.717) is 49.1 Å². The largest absolute Gasteiger partial charge is 0.494 e. The predicted molar refractivity (Wildman–Crippen MR) is 133 cm³/mol. The smallest absolute Gasteiger partial charge is 0.267 e. The van der Waals surface area contributed by atoms with E-state index in [1.54, 1.807) is 15.9 Å². The molecule has 1 fully saturated rings. The highest BCUT2D eigenvalue weighted by atomic mass is 32.2. The average molecular weight is 488 g/mol. The van der Waals surface area contributed by atoms with E-state index in [1.807, 2.05) is 43.0 Å². The van der Waals surface area contributed by atoms with Crippen LogP contribution in [0.4, 0.5) is 0 Å². The van der Waals surface area contributed by atoms with Gasteiger partial charge in [-0.1, -0.05) is 25.1 Å². The molecule has 1 saturated heterocycles. The third-order valence-corrected chi connectivity index (χ3v) is 7.77. The van der Waals surface area contributed by atoms with Crippen molar-refractivity contribution >= 4 is 39.2 Å². The Hall–Kier alpha value is -2.36. The number of hydrogen-bond acceptors (Lipinski definition) is 7. The Morgan fingerprint density at radius 3 is 2.61 bits per heavy atom. The van der Waals surface area contributed by atoms with Gasteiger partial charge >= 0.3 is 0 Å². The van der Waals surface area contributed by atoms with E-state index < -0.39 is 0 Å². The summed E-state index contributed by atoms with van der Waals surface area (Å²) in [7, 11) is 0. The van der Waals surface area contributed by atoms with Crippen LogP contribution in [0.3, 0.4) is 0 Å². The summed E-state index contributed by atoms with van der Waals surface area (Å²) in [6.45, 7) is 8.97. The van der Waals surface area contributed by atoms with Gasteiger partial charge in [0.2, 0.25) is 5.91 Å². The average Bonchev–Trinajstić information content (AvgIpc) is 3.14. The number of nitrogens with zero attached hydrogens (tertiary/aromatic N) is 3. The first kappa shape index (κ1) is 23.8. The number of hydrogen-bond donors (Lipinski definition) is 0. The van der Waals surface area contributed by atoms with Crippen molar-refractivity contribution in [2.24, 2.45) is 0 Å². The molecule has 0 unspecified atom stereocenters. The van der Waals surface area contributed by atoms with E-state index in [1.165, 1.54) is 16.6 Å². The van der Waals surface area contributed by atoms with Crippen LogP contribution in [-0.2, 0) is 16.0 Å². The molecule has 1 aromatic carbocycles. The number of aryl methyl sites for hydroxylation is 2. The Labute approximate surface area is 201 Å². The lowest BCUT2D eigenvalue weighted by atomic mass is 10.1. The molecule has 9 heteroatoms. The number of carbonyl (C=O) groups is 1. The summed E-state index contributed by atoms with van der Waals surface area (Å²) in [5.41, 5.74) is 1.62. The SMILES string of the molecule is CCCc1sc2nc(SCC(=O)N3CCOCC3)n(-c3ccc(OCC)cc3)c(=O)c2c1C. The normalized spacial score (nSPS) is 14.1. The molecule has 33 heavy (non-hydrogen) atoms. The topological polar surface area (TPSA) is 73.7 Å². The minimum Gasteiger partial charge on any atom is -0.494 e. The third-order valence-electron chi connectivity index (χ3n) is 5.60. The van der Waals surface area contributed by atoms with Gasteiger partial charge in [-0.2, -0.15) is 0 Å². The van der Waals surface area contributed by atoms with Crippen molar-refractivity contribution in [1.82, 2.24) is 14.5 Å². The fraction of sp³-hybridized carbons (Fsp3) is 0.458. The predicted octanol–water partition coefficient (Wildman–Crippen LogP) is 4.06. The van der Waals surface area contributed by atoms with Gasteiger partial charge in [-0.15, -0.1) is 11.3 Å². The molecule has 3 heterocycles. The van der Waals surface area contributed by atoms with Crippen LogP contribution in [0, 0.1) is 6.92 Å². The number of fused-ring (bicyclic) bond motifs is 1. The Balaban J connectivity index is 1.74. The van der Waals surface area contributed by atoms with Gasteiger partial charge in [-0.05, 0) is 50.1 Å². The zero-order valence-corrected chi connectivity index (χ0v) is 20.9. The molecule has 3 aromatic rings. The van der Waals surface area contributed by atoms with Crippen molar-refractivity contribution in [3.05, 3.63) is 45.1 Å². The van der Waals surface area contributed by atoms with Crippen molar-refractivity contribution in [2.75, 3.05) is 38.7 Å². The van der Waals surface area contributed by atoms with Crippen LogP contribution in [0.5, 0.6) is 5.75 Å². The summed E-state index contributed by atoms with van der Waals surface area (Å²) in [5, 5.41) is 1.20. The highest BCUT2D eigenvalue weighted by Gasteiger charge is 2.22. The van der Waals surface area contributed by atoms with Crippen molar-refractivity contribution in [3.63, 3.8) is 0 Å². The summed E-state index contributed by atoms with van der Waals surface area (Å²) in [6.07, 6.45) is 1.93. The fourth-order valence-electron chi connectivity index (χ4n) is 3.89. The lowest BCUT2D eigenvalue weighted by molar-refractivity contribution is -0.132. The molecule has 0 atom stereocenters. The molecular formula is C24H29N3O4S2. The quantitative estimate of drug-likeness (QED) is 0.352. The summed E-state index contributed by atoms with van der Waals surface area (Å²) in [4.78, 5) is 35.1. The minimum atomic E-state index is -0.0958. The monoisotopic (exact) mass is 487 g/mol. The van der Waals surface area contributed by atoms with Crippen LogP contribution in [0.15, 0.2) is 34.2 Å². The second-order valence-electron chi connectivity index (χ2n) is 7.82. The number of thioether (sulfide) groups is 1. The second kappa shape index (κ2) is 10.7. The lowest BCUT2D eigenvalue weighted by Gasteiger charge is -2.26. The van der Waals surface area contributed by atoms with Crippen molar-refractivity contribution < 1.29 is 14.3 Å². The first-order valence-corrected chi connectivity index (χ1v) is 13.1. The number of thiophene rings is 1. The molecule has 0 radical (unpaired) electrons. The minimum absolute atomic E-state index is 0.0323. The molecule has 1 aliphatic rings. The number of carbonyl (C=O) groups excluding carboxylic acids is 1. The Morgan fingerprint density at radius 2 is 1.94 bits per heavy atom. The highest BCUT2D eigenvalue weighted by Crippen LogP contribution is 2.31. The first-order chi connectivity index (χ1) is 16.0. The van der Waals surface area contributed by atoms with E-state index in [0.717, 1.165) is 29.0 Å². The first-order valence-electron chi connectivity index (χ1n) is 11.3. The molecule has 0 saturated carbocycles. The number of aromatic nitrogens is 2. The van der Waals surface area contributed by atoms with Gasteiger partial charge < -0.3 is 14.4 Å². The molecule has 1 aliphatic heterocycles. The Bertz CT molecular complexity index is 1180. The van der Waals surface area contributed by atoms with Gasteiger partial charge in [0.25, 0.3) is 5.56 Å². The molecule has 4 rings (SSSR count). The van der Waals surface area contributed by atoms with Crippen LogP contribution in [-0.4, -0.2) is 59.0 Å². The molecule has 0 aliphatic carbocycles. The maximum atomic E-state index is 13.7. The van der Waals surface area contributed by atoms with Crippen molar-refractivity contribution in [3.8, 4) is 11.4 Å². The van der Waals surface area contributed by atoms with E-state index >= 15 is 0 Å². The lowest BCUT2D eigenvalue weighted by Crippen LogP contribution is -2.41. The van der Waals surface area contributed by atoms with Crippen LogP contribution < -0.4 is 10.3 Å². The van der Waals surface area contributed by atoms with Crippen LogP contribution in [0.25, 0.3) is 15.9 Å². The maximum Gasteiger partial charge on any atom is 0.267 e. The summed E-state index contributed by atoms with van der Waals surface area (Å²) in [5.74, 6) is 1.00. The molecule has 2 aromatic heterocycles. The number of benzene rings is 1. The van der Waals surface area contributed by atoms with Crippen molar-refractivity contribution in [1.29, 1.82) is 0 Å². The van der Waals surface area contributed by atoms with Crippen LogP contribution >= 0.6 is 23.1 Å². The van der Waals surface area contributed by atoms with Crippen molar-refractivity contribution in [2.45, 2.75) is 38.8 Å². The summed E-state index contributed by atoms with van der Waals surface area (Å²) in [6, 6.07) is 7.43. The third kappa shape index (κ3) is 5.10. The fourth-order valence-corrected chi connectivity index (χ4v) is 6.12. The van der Waals surface area contributed by atoms with E-state index in [2.05, 4.69) is 6.92 Å². The van der Waals surface area contributed by atoms with Crippen LogP contribution in [0.1, 0.15) is 30.7 Å². The molecule has 1 amide bonds. The number of ether oxygens (including phenoxy) is 2. The number of amides is 1. The van der Waals surface area contributed by atoms with Gasteiger partial charge in [0.15, 0.2) is 5.16 Å². The van der Waals surface area contributed by atoms with Gasteiger partial charge in [0.05, 0.1) is 36.6 Å². The zero-order chi connectivity index (χ0) is 23.4. The zero-order valence-electron chi connectivity index (χ0n) is 19.3. The standard InChI is InChI=1S/C24H29N3O4S2/c1-4-6-19-16(3)21-22(33-19)25-24(32-15-20(28)26-11-13-30-14-12-26)27(23(21)29)17-7-9-18(10-8-17)31-5-2/h7-10H,4-6,11-15H2,1-3H3.